The molecule has 0 saturated carbocycles. The van der Waals surface area contributed by atoms with E-state index in [2.05, 4.69) is 62.5 Å². The minimum absolute atomic E-state index is 0.0993. The van der Waals surface area contributed by atoms with E-state index in [0.29, 0.717) is 0 Å². The zero-order valence-electron chi connectivity index (χ0n) is 12.9. The summed E-state index contributed by atoms with van der Waals surface area (Å²) >= 11 is 10.1. The van der Waals surface area contributed by atoms with Crippen LogP contribution in [0, 0.1) is 10.5 Å². The summed E-state index contributed by atoms with van der Waals surface area (Å²) in [6, 6.07) is 6.14. The van der Waals surface area contributed by atoms with Gasteiger partial charge in [0.15, 0.2) is 0 Å². The van der Waals surface area contributed by atoms with Gasteiger partial charge in [0.2, 0.25) is 0 Å². The molecule has 0 fully saturated rings. The molecule has 2 aromatic rings. The van der Waals surface area contributed by atoms with Crippen molar-refractivity contribution in [3.05, 3.63) is 42.4 Å². The first-order valence-electron chi connectivity index (χ1n) is 6.88. The van der Waals surface area contributed by atoms with Crippen molar-refractivity contribution in [2.24, 2.45) is 0 Å². The van der Waals surface area contributed by atoms with E-state index >= 15 is 0 Å². The van der Waals surface area contributed by atoms with E-state index in [1.165, 1.54) is 9.88 Å². The molecule has 0 radical (unpaired) electrons. The number of nitrogens with zero attached hydrogens (tertiary/aromatic N) is 1. The Kier molecular flexibility index (Phi) is 5.21. The van der Waals surface area contributed by atoms with Crippen molar-refractivity contribution in [3.63, 3.8) is 0 Å². The van der Waals surface area contributed by atoms with Gasteiger partial charge in [0.25, 0.3) is 0 Å². The Morgan fingerprint density at radius 1 is 1.33 bits per heavy atom. The quantitative estimate of drug-likeness (QED) is 0.583. The number of anilines is 1. The fourth-order valence-electron chi connectivity index (χ4n) is 2.04. The van der Waals surface area contributed by atoms with Crippen molar-refractivity contribution < 1.29 is 0 Å². The Labute approximate surface area is 149 Å². The van der Waals surface area contributed by atoms with E-state index in [1.807, 2.05) is 18.2 Å². The van der Waals surface area contributed by atoms with Gasteiger partial charge in [-0.15, -0.1) is 11.3 Å². The highest BCUT2D eigenvalue weighted by Crippen LogP contribution is 2.34. The van der Waals surface area contributed by atoms with Crippen LogP contribution in [0.5, 0.6) is 0 Å². The van der Waals surface area contributed by atoms with E-state index in [4.69, 9.17) is 16.6 Å². The van der Waals surface area contributed by atoms with Crippen LogP contribution in [0.3, 0.4) is 0 Å². The predicted octanol–water partition coefficient (Wildman–Crippen LogP) is 6.18. The van der Waals surface area contributed by atoms with Crippen LogP contribution in [-0.4, -0.2) is 4.98 Å². The predicted molar refractivity (Wildman–Crippen MR) is 102 cm³/mol. The second-order valence-electron chi connectivity index (χ2n) is 6.21. The summed E-state index contributed by atoms with van der Waals surface area (Å²) < 4.78 is 1.13. The summed E-state index contributed by atoms with van der Waals surface area (Å²) in [5, 5.41) is 5.52. The maximum Gasteiger partial charge on any atom is 0.0985 e. The Hall–Kier alpha value is -0.330. The minimum atomic E-state index is 0.0993. The van der Waals surface area contributed by atoms with Gasteiger partial charge in [0, 0.05) is 24.6 Å². The van der Waals surface area contributed by atoms with E-state index in [1.54, 1.807) is 11.3 Å². The van der Waals surface area contributed by atoms with Crippen LogP contribution in [0.1, 0.15) is 49.3 Å². The molecule has 2 nitrogen and oxygen atoms in total. The van der Waals surface area contributed by atoms with E-state index in [-0.39, 0.29) is 11.5 Å². The molecule has 114 valence electrons. The number of rotatable bonds is 3. The highest BCUT2D eigenvalue weighted by molar-refractivity contribution is 14.1. The molecule has 1 unspecified atom stereocenters. The molecular formula is C16H20ClIN2S. The Balaban J connectivity index is 2.24. The van der Waals surface area contributed by atoms with Crippen LogP contribution < -0.4 is 5.32 Å². The topological polar surface area (TPSA) is 24.9 Å². The molecule has 1 aromatic heterocycles. The van der Waals surface area contributed by atoms with Crippen LogP contribution in [-0.2, 0) is 5.41 Å². The van der Waals surface area contributed by atoms with Gasteiger partial charge < -0.3 is 5.32 Å². The van der Waals surface area contributed by atoms with Crippen molar-refractivity contribution in [1.82, 2.24) is 4.98 Å². The Morgan fingerprint density at radius 3 is 2.52 bits per heavy atom. The first-order chi connectivity index (χ1) is 9.68. The number of halogens is 2. The molecule has 2 rings (SSSR count). The van der Waals surface area contributed by atoms with Gasteiger partial charge in [-0.05, 0) is 54.6 Å². The maximum atomic E-state index is 6.01. The molecule has 0 aliphatic heterocycles. The number of nitrogens with one attached hydrogen (secondary N) is 1. The van der Waals surface area contributed by atoms with Gasteiger partial charge in [-0.1, -0.05) is 32.4 Å². The highest BCUT2D eigenvalue weighted by atomic mass is 127. The van der Waals surface area contributed by atoms with Crippen LogP contribution >= 0.6 is 45.5 Å². The molecule has 1 atom stereocenters. The molecule has 0 spiro atoms. The number of hydrogen-bond acceptors (Lipinski definition) is 3. The zero-order chi connectivity index (χ0) is 15.8. The summed E-state index contributed by atoms with van der Waals surface area (Å²) in [6.45, 7) is 10.9. The average Bonchev–Trinajstić information content (AvgIpc) is 2.75. The average molecular weight is 435 g/mol. The monoisotopic (exact) mass is 434 g/mol. The normalized spacial score (nSPS) is 13.3. The molecule has 5 heteroatoms. The number of thiazole rings is 1. The lowest BCUT2D eigenvalue weighted by atomic mass is 9.98. The van der Waals surface area contributed by atoms with Crippen LogP contribution in [0.15, 0.2) is 18.2 Å². The first kappa shape index (κ1) is 17.0. The van der Waals surface area contributed by atoms with Gasteiger partial charge >= 0.3 is 0 Å². The number of hydrogen-bond donors (Lipinski definition) is 1. The largest absolute Gasteiger partial charge is 0.377 e. The zero-order valence-corrected chi connectivity index (χ0v) is 16.7. The molecule has 0 amide bonds. The molecule has 1 heterocycles. The number of aryl methyl sites for hydroxylation is 1. The van der Waals surface area contributed by atoms with E-state index < -0.39 is 0 Å². The van der Waals surface area contributed by atoms with Gasteiger partial charge in [-0.3, -0.25) is 0 Å². The molecule has 0 saturated heterocycles. The lowest BCUT2D eigenvalue weighted by Crippen LogP contribution is -2.10. The molecule has 21 heavy (non-hydrogen) atoms. The number of aromatic nitrogens is 1. The second kappa shape index (κ2) is 6.42. The molecule has 1 aromatic carbocycles. The van der Waals surface area contributed by atoms with Crippen LogP contribution in [0.4, 0.5) is 5.69 Å². The van der Waals surface area contributed by atoms with E-state index in [9.17, 15) is 0 Å². The first-order valence-corrected chi connectivity index (χ1v) is 9.15. The summed E-state index contributed by atoms with van der Waals surface area (Å²) in [7, 11) is 0. The summed E-state index contributed by atoms with van der Waals surface area (Å²) in [4.78, 5) is 6.03. The highest BCUT2D eigenvalue weighted by Gasteiger charge is 2.22. The van der Waals surface area contributed by atoms with E-state index in [0.717, 1.165) is 20.0 Å². The molecule has 0 bridgehead atoms. The fraction of sp³-hybridized carbons (Fsp3) is 0.438. The van der Waals surface area contributed by atoms with Crippen molar-refractivity contribution in [1.29, 1.82) is 0 Å². The lowest BCUT2D eigenvalue weighted by molar-refractivity contribution is 0.584. The minimum Gasteiger partial charge on any atom is -0.377 e. The van der Waals surface area contributed by atoms with Gasteiger partial charge in [0.1, 0.15) is 0 Å². The second-order valence-corrected chi connectivity index (χ2v) is 8.84. The molecule has 1 N–H and O–H groups in total. The third-order valence-electron chi connectivity index (χ3n) is 3.17. The lowest BCUT2D eigenvalue weighted by Gasteiger charge is -2.16. The maximum absolute atomic E-state index is 6.01. The molecule has 0 aliphatic carbocycles. The summed E-state index contributed by atoms with van der Waals surface area (Å²) in [5.41, 5.74) is 2.33. The van der Waals surface area contributed by atoms with Crippen molar-refractivity contribution in [3.8, 4) is 0 Å². The number of benzene rings is 1. The smallest absolute Gasteiger partial charge is 0.0985 e. The van der Waals surface area contributed by atoms with Gasteiger partial charge in [-0.2, -0.15) is 0 Å². The van der Waals surface area contributed by atoms with Crippen molar-refractivity contribution in [2.45, 2.75) is 46.1 Å². The van der Waals surface area contributed by atoms with Crippen LogP contribution in [0.2, 0.25) is 5.02 Å². The van der Waals surface area contributed by atoms with Crippen LogP contribution in [0.25, 0.3) is 0 Å². The third-order valence-corrected chi connectivity index (χ3v) is 6.06. The standard InChI is InChI=1S/C16H20ClIN2S/c1-9(19-13-7-6-11(17)8-12(13)18)14-10(2)20-15(21-14)16(3,4)5/h6-9,19H,1-5H3. The summed E-state index contributed by atoms with van der Waals surface area (Å²) in [5.74, 6) is 0. The third kappa shape index (κ3) is 4.11. The van der Waals surface area contributed by atoms with Gasteiger partial charge in [-0.25, -0.2) is 4.98 Å². The molecule has 0 aliphatic rings. The Bertz CT molecular complexity index is 646. The fourth-order valence-corrected chi connectivity index (χ4v) is 4.19. The summed E-state index contributed by atoms with van der Waals surface area (Å²) in [6.07, 6.45) is 0. The van der Waals surface area contributed by atoms with Gasteiger partial charge in [0.05, 0.1) is 16.7 Å². The van der Waals surface area contributed by atoms with Crippen molar-refractivity contribution in [2.75, 3.05) is 5.32 Å². The Morgan fingerprint density at radius 2 is 2.00 bits per heavy atom. The molecular weight excluding hydrogens is 415 g/mol. The van der Waals surface area contributed by atoms with Crippen molar-refractivity contribution >= 4 is 51.2 Å². The SMILES string of the molecule is Cc1nc(C(C)(C)C)sc1C(C)Nc1ccc(Cl)cc1I.